The van der Waals surface area contributed by atoms with Crippen LogP contribution < -0.4 is 4.90 Å². The van der Waals surface area contributed by atoms with Crippen molar-refractivity contribution < 1.29 is 14.1 Å². The SMILES string of the molecule is O=C(c1ccoc1)N1CCN(c2ccc([N+](=O)[O-])c3cccnc23)CC1. The Hall–Kier alpha value is -3.42. The highest BCUT2D eigenvalue weighted by Gasteiger charge is 2.25. The molecule has 8 nitrogen and oxygen atoms in total. The summed E-state index contributed by atoms with van der Waals surface area (Å²) in [5, 5.41) is 11.8. The third-order valence-electron chi connectivity index (χ3n) is 4.60. The number of fused-ring (bicyclic) bond motifs is 1. The van der Waals surface area contributed by atoms with Gasteiger partial charge in [-0.1, -0.05) is 0 Å². The summed E-state index contributed by atoms with van der Waals surface area (Å²) in [4.78, 5) is 31.5. The van der Waals surface area contributed by atoms with E-state index in [1.54, 1.807) is 35.4 Å². The highest BCUT2D eigenvalue weighted by Crippen LogP contribution is 2.32. The number of rotatable bonds is 3. The first-order valence-corrected chi connectivity index (χ1v) is 8.23. The minimum Gasteiger partial charge on any atom is -0.472 e. The van der Waals surface area contributed by atoms with Crippen molar-refractivity contribution in [3.63, 3.8) is 0 Å². The summed E-state index contributed by atoms with van der Waals surface area (Å²) >= 11 is 0. The minimum absolute atomic E-state index is 0.0469. The second kappa shape index (κ2) is 6.47. The Bertz CT molecular complexity index is 962. The molecule has 1 amide bonds. The molecule has 1 saturated heterocycles. The fourth-order valence-corrected chi connectivity index (χ4v) is 3.28. The normalized spacial score (nSPS) is 14.6. The molecule has 1 aromatic carbocycles. The van der Waals surface area contributed by atoms with E-state index in [0.29, 0.717) is 42.6 Å². The lowest BCUT2D eigenvalue weighted by Gasteiger charge is -2.36. The van der Waals surface area contributed by atoms with Crippen molar-refractivity contribution in [2.24, 2.45) is 0 Å². The second-order valence-corrected chi connectivity index (χ2v) is 6.05. The zero-order chi connectivity index (χ0) is 18.1. The molecule has 0 radical (unpaired) electrons. The first-order valence-electron chi connectivity index (χ1n) is 8.23. The Morgan fingerprint density at radius 2 is 1.96 bits per heavy atom. The maximum Gasteiger partial charge on any atom is 0.278 e. The first kappa shape index (κ1) is 16.1. The van der Waals surface area contributed by atoms with Crippen LogP contribution in [0.2, 0.25) is 0 Å². The van der Waals surface area contributed by atoms with Crippen LogP contribution in [0.15, 0.2) is 53.5 Å². The van der Waals surface area contributed by atoms with E-state index in [1.807, 2.05) is 0 Å². The second-order valence-electron chi connectivity index (χ2n) is 6.05. The Kier molecular flexibility index (Phi) is 4.00. The van der Waals surface area contributed by atoms with Crippen molar-refractivity contribution in [3.05, 3.63) is 64.7 Å². The summed E-state index contributed by atoms with van der Waals surface area (Å²) in [6.45, 7) is 2.39. The number of pyridine rings is 1. The van der Waals surface area contributed by atoms with Crippen LogP contribution in [0.4, 0.5) is 11.4 Å². The highest BCUT2D eigenvalue weighted by atomic mass is 16.6. The van der Waals surface area contributed by atoms with Crippen LogP contribution in [-0.2, 0) is 0 Å². The van der Waals surface area contributed by atoms with Gasteiger partial charge in [-0.15, -0.1) is 0 Å². The van der Waals surface area contributed by atoms with Gasteiger partial charge in [-0.2, -0.15) is 0 Å². The number of non-ortho nitro benzene ring substituents is 1. The van der Waals surface area contributed by atoms with Gasteiger partial charge in [0.2, 0.25) is 0 Å². The largest absolute Gasteiger partial charge is 0.472 e. The quantitative estimate of drug-likeness (QED) is 0.531. The van der Waals surface area contributed by atoms with Gasteiger partial charge >= 0.3 is 0 Å². The number of hydrogen-bond acceptors (Lipinski definition) is 6. The topological polar surface area (TPSA) is 92.7 Å². The smallest absolute Gasteiger partial charge is 0.278 e. The van der Waals surface area contributed by atoms with Crippen molar-refractivity contribution in [2.75, 3.05) is 31.1 Å². The highest BCUT2D eigenvalue weighted by molar-refractivity contribution is 5.97. The number of nitro benzene ring substituents is 1. The molecule has 4 rings (SSSR count). The van der Waals surface area contributed by atoms with Crippen LogP contribution >= 0.6 is 0 Å². The molecule has 3 aromatic rings. The van der Waals surface area contributed by atoms with Gasteiger partial charge in [0.25, 0.3) is 11.6 Å². The van der Waals surface area contributed by atoms with E-state index in [2.05, 4.69) is 9.88 Å². The zero-order valence-corrected chi connectivity index (χ0v) is 13.9. The van der Waals surface area contributed by atoms with Crippen LogP contribution in [0.1, 0.15) is 10.4 Å². The first-order chi connectivity index (χ1) is 12.6. The number of anilines is 1. The van der Waals surface area contributed by atoms with Crippen molar-refractivity contribution in [1.82, 2.24) is 9.88 Å². The van der Waals surface area contributed by atoms with Crippen molar-refractivity contribution in [3.8, 4) is 0 Å². The molecule has 2 aromatic heterocycles. The Labute approximate surface area is 148 Å². The monoisotopic (exact) mass is 352 g/mol. The lowest BCUT2D eigenvalue weighted by atomic mass is 10.1. The van der Waals surface area contributed by atoms with E-state index in [-0.39, 0.29) is 11.6 Å². The lowest BCUT2D eigenvalue weighted by Crippen LogP contribution is -2.48. The molecule has 1 aliphatic heterocycles. The molecule has 1 aliphatic rings. The van der Waals surface area contributed by atoms with Gasteiger partial charge in [-0.05, 0) is 24.3 Å². The van der Waals surface area contributed by atoms with Crippen molar-refractivity contribution in [1.29, 1.82) is 0 Å². The summed E-state index contributed by atoms with van der Waals surface area (Å²) in [5.41, 5.74) is 2.05. The maximum atomic E-state index is 12.4. The number of piperazine rings is 1. The Morgan fingerprint density at radius 3 is 2.65 bits per heavy atom. The predicted molar refractivity (Wildman–Crippen MR) is 95.2 cm³/mol. The third-order valence-corrected chi connectivity index (χ3v) is 4.60. The fourth-order valence-electron chi connectivity index (χ4n) is 3.28. The molecule has 0 aliphatic carbocycles. The van der Waals surface area contributed by atoms with Crippen LogP contribution in [0, 0.1) is 10.1 Å². The molecule has 0 unspecified atom stereocenters. The number of amides is 1. The number of nitro groups is 1. The van der Waals surface area contributed by atoms with Gasteiger partial charge in [0.1, 0.15) is 11.8 Å². The number of carbonyl (C=O) groups excluding carboxylic acids is 1. The molecule has 0 bridgehead atoms. The summed E-state index contributed by atoms with van der Waals surface area (Å²) in [6.07, 6.45) is 4.56. The van der Waals surface area contributed by atoms with Gasteiger partial charge in [0.05, 0.1) is 27.8 Å². The van der Waals surface area contributed by atoms with E-state index in [9.17, 15) is 14.9 Å². The van der Waals surface area contributed by atoms with Gasteiger partial charge in [0.15, 0.2) is 0 Å². The number of aromatic nitrogens is 1. The molecule has 0 spiro atoms. The molecule has 8 heteroatoms. The number of nitrogens with zero attached hydrogens (tertiary/aromatic N) is 4. The Balaban J connectivity index is 1.58. The van der Waals surface area contributed by atoms with Crippen molar-refractivity contribution >= 4 is 28.2 Å². The molecule has 0 atom stereocenters. The number of carbonyl (C=O) groups is 1. The number of hydrogen-bond donors (Lipinski definition) is 0. The summed E-state index contributed by atoms with van der Waals surface area (Å²) in [6, 6.07) is 8.31. The molecular formula is C18H16N4O4. The van der Waals surface area contributed by atoms with Crippen LogP contribution in [-0.4, -0.2) is 46.9 Å². The lowest BCUT2D eigenvalue weighted by molar-refractivity contribution is -0.383. The molecule has 0 saturated carbocycles. The number of furan rings is 1. The van der Waals surface area contributed by atoms with Gasteiger partial charge < -0.3 is 14.2 Å². The van der Waals surface area contributed by atoms with Gasteiger partial charge in [-0.3, -0.25) is 19.9 Å². The zero-order valence-electron chi connectivity index (χ0n) is 13.9. The van der Waals surface area contributed by atoms with E-state index in [1.165, 1.54) is 18.6 Å². The third kappa shape index (κ3) is 2.75. The van der Waals surface area contributed by atoms with Gasteiger partial charge in [-0.25, -0.2) is 0 Å². The Morgan fingerprint density at radius 1 is 1.15 bits per heavy atom. The standard InChI is InChI=1S/C18H16N4O4/c23-18(13-5-11-26-12-13)21-9-7-20(8-10-21)16-4-3-15(22(24)25)14-2-1-6-19-17(14)16/h1-6,11-12H,7-10H2. The maximum absolute atomic E-state index is 12.4. The van der Waals surface area contributed by atoms with E-state index in [4.69, 9.17) is 4.42 Å². The minimum atomic E-state index is -0.394. The average Bonchev–Trinajstić information content (AvgIpc) is 3.21. The fraction of sp³-hybridized carbons (Fsp3) is 0.222. The van der Waals surface area contributed by atoms with Crippen LogP contribution in [0.5, 0.6) is 0 Å². The summed E-state index contributed by atoms with van der Waals surface area (Å²) < 4.78 is 4.97. The predicted octanol–water partition coefficient (Wildman–Crippen LogP) is 2.70. The van der Waals surface area contributed by atoms with E-state index < -0.39 is 4.92 Å². The number of benzene rings is 1. The summed E-state index contributed by atoms with van der Waals surface area (Å²) in [7, 11) is 0. The summed E-state index contributed by atoms with van der Waals surface area (Å²) in [5.74, 6) is -0.0508. The van der Waals surface area contributed by atoms with Crippen molar-refractivity contribution in [2.45, 2.75) is 0 Å². The molecule has 0 N–H and O–H groups in total. The van der Waals surface area contributed by atoms with Crippen LogP contribution in [0.3, 0.4) is 0 Å². The van der Waals surface area contributed by atoms with E-state index in [0.717, 1.165) is 5.69 Å². The van der Waals surface area contributed by atoms with E-state index >= 15 is 0 Å². The molecular weight excluding hydrogens is 336 g/mol. The molecule has 3 heterocycles. The van der Waals surface area contributed by atoms with Crippen LogP contribution in [0.25, 0.3) is 10.9 Å². The molecule has 26 heavy (non-hydrogen) atoms. The van der Waals surface area contributed by atoms with Gasteiger partial charge in [0, 0.05) is 38.4 Å². The molecule has 1 fully saturated rings. The average molecular weight is 352 g/mol. The molecule has 132 valence electrons.